The van der Waals surface area contributed by atoms with Gasteiger partial charge in [0.25, 0.3) is 0 Å². The zero-order valence-electron chi connectivity index (χ0n) is 9.90. The van der Waals surface area contributed by atoms with E-state index in [0.29, 0.717) is 16.3 Å². The van der Waals surface area contributed by atoms with Gasteiger partial charge in [-0.3, -0.25) is 4.98 Å². The molecular weight excluding hydrogens is 253 g/mol. The number of aliphatic hydroxyl groups excluding tert-OH is 1. The number of aliphatic hydroxyl groups is 1. The molecule has 2 rings (SSSR count). The summed E-state index contributed by atoms with van der Waals surface area (Å²) in [7, 11) is 0. The first-order chi connectivity index (χ1) is 8.56. The van der Waals surface area contributed by atoms with Gasteiger partial charge in [0.2, 0.25) is 0 Å². The van der Waals surface area contributed by atoms with Crippen molar-refractivity contribution >= 4 is 11.6 Å². The predicted octanol–water partition coefficient (Wildman–Crippen LogP) is 3.46. The molecule has 2 nitrogen and oxygen atoms in total. The zero-order chi connectivity index (χ0) is 13.1. The van der Waals surface area contributed by atoms with Gasteiger partial charge in [-0.15, -0.1) is 0 Å². The lowest BCUT2D eigenvalue weighted by atomic mass is 10.0. The van der Waals surface area contributed by atoms with E-state index in [4.69, 9.17) is 11.6 Å². The number of hydrogen-bond acceptors (Lipinski definition) is 2. The zero-order valence-corrected chi connectivity index (χ0v) is 10.7. The third-order valence-electron chi connectivity index (χ3n) is 2.67. The molecule has 1 atom stereocenters. The Morgan fingerprint density at radius 1 is 1.33 bits per heavy atom. The van der Waals surface area contributed by atoms with Crippen molar-refractivity contribution in [1.29, 1.82) is 0 Å². The topological polar surface area (TPSA) is 33.1 Å². The quantitative estimate of drug-likeness (QED) is 0.922. The van der Waals surface area contributed by atoms with Crippen molar-refractivity contribution in [3.63, 3.8) is 0 Å². The first-order valence-electron chi connectivity index (χ1n) is 5.62. The Hall–Kier alpha value is -1.45. The maximum atomic E-state index is 13.1. The van der Waals surface area contributed by atoms with E-state index in [1.165, 1.54) is 18.2 Å². The van der Waals surface area contributed by atoms with Crippen LogP contribution in [-0.2, 0) is 6.42 Å². The minimum atomic E-state index is -0.788. The van der Waals surface area contributed by atoms with Crippen molar-refractivity contribution < 1.29 is 9.50 Å². The summed E-state index contributed by atoms with van der Waals surface area (Å²) in [5.41, 5.74) is 1.97. The van der Waals surface area contributed by atoms with Gasteiger partial charge < -0.3 is 5.11 Å². The minimum Gasteiger partial charge on any atom is -0.386 e. The molecule has 1 heterocycles. The van der Waals surface area contributed by atoms with Crippen molar-refractivity contribution in [3.8, 4) is 0 Å². The van der Waals surface area contributed by atoms with Crippen molar-refractivity contribution in [2.45, 2.75) is 19.4 Å². The molecule has 2 aromatic rings. The highest BCUT2D eigenvalue weighted by Crippen LogP contribution is 2.23. The first kappa shape index (κ1) is 13.0. The van der Waals surface area contributed by atoms with Crippen molar-refractivity contribution in [2.24, 2.45) is 0 Å². The number of pyridine rings is 1. The average Bonchev–Trinajstić information content (AvgIpc) is 2.34. The largest absolute Gasteiger partial charge is 0.386 e. The Morgan fingerprint density at radius 2 is 2.11 bits per heavy atom. The molecule has 1 unspecified atom stereocenters. The number of aromatic nitrogens is 1. The Labute approximate surface area is 110 Å². The molecule has 4 heteroatoms. The molecule has 18 heavy (non-hydrogen) atoms. The van der Waals surface area contributed by atoms with Crippen LogP contribution in [0.2, 0.25) is 5.02 Å². The summed E-state index contributed by atoms with van der Waals surface area (Å²) >= 11 is 5.96. The summed E-state index contributed by atoms with van der Waals surface area (Å²) in [6.45, 7) is 1.85. The van der Waals surface area contributed by atoms with Crippen molar-refractivity contribution in [2.75, 3.05) is 0 Å². The standard InChI is InChI=1S/C14H13ClFNO/c1-9-3-2-4-13(17-9)14(18)8-10-7-11(16)5-6-12(10)15/h2-7,14,18H,8H2,1H3. The van der Waals surface area contributed by atoms with Crippen LogP contribution in [0.25, 0.3) is 0 Å². The van der Waals surface area contributed by atoms with Gasteiger partial charge in [0.15, 0.2) is 0 Å². The molecule has 0 saturated heterocycles. The predicted molar refractivity (Wildman–Crippen MR) is 69.0 cm³/mol. The summed E-state index contributed by atoms with van der Waals surface area (Å²) < 4.78 is 13.1. The summed E-state index contributed by atoms with van der Waals surface area (Å²) in [6, 6.07) is 9.54. The van der Waals surface area contributed by atoms with Crippen LogP contribution in [0, 0.1) is 12.7 Å². The fourth-order valence-electron chi connectivity index (χ4n) is 1.76. The van der Waals surface area contributed by atoms with Crippen LogP contribution in [-0.4, -0.2) is 10.1 Å². The second kappa shape index (κ2) is 5.46. The molecule has 0 spiro atoms. The van der Waals surface area contributed by atoms with Crippen LogP contribution in [0.1, 0.15) is 23.1 Å². The maximum Gasteiger partial charge on any atom is 0.123 e. The molecule has 1 aromatic heterocycles. The van der Waals surface area contributed by atoms with E-state index in [1.54, 1.807) is 6.07 Å². The third kappa shape index (κ3) is 3.06. The van der Waals surface area contributed by atoms with E-state index in [9.17, 15) is 9.50 Å². The average molecular weight is 266 g/mol. The molecule has 0 fully saturated rings. The molecule has 0 saturated carbocycles. The van der Waals surface area contributed by atoms with E-state index in [2.05, 4.69) is 4.98 Å². The van der Waals surface area contributed by atoms with Crippen LogP contribution in [0.4, 0.5) is 4.39 Å². The molecule has 0 radical (unpaired) electrons. The van der Waals surface area contributed by atoms with Crippen molar-refractivity contribution in [3.05, 3.63) is 64.2 Å². The first-order valence-corrected chi connectivity index (χ1v) is 5.99. The molecule has 1 N–H and O–H groups in total. The number of aryl methyl sites for hydroxylation is 1. The highest BCUT2D eigenvalue weighted by atomic mass is 35.5. The van der Waals surface area contributed by atoms with Crippen LogP contribution in [0.5, 0.6) is 0 Å². The second-order valence-corrected chi connectivity index (χ2v) is 4.57. The smallest absolute Gasteiger partial charge is 0.123 e. The molecule has 0 aliphatic rings. The van der Waals surface area contributed by atoms with Crippen LogP contribution in [0.15, 0.2) is 36.4 Å². The lowest BCUT2D eigenvalue weighted by molar-refractivity contribution is 0.173. The fraction of sp³-hybridized carbons (Fsp3) is 0.214. The summed E-state index contributed by atoms with van der Waals surface area (Å²) in [5.74, 6) is -0.362. The Balaban J connectivity index is 2.21. The van der Waals surface area contributed by atoms with Gasteiger partial charge in [-0.25, -0.2) is 4.39 Å². The molecular formula is C14H13ClFNO. The van der Waals surface area contributed by atoms with Gasteiger partial charge in [-0.05, 0) is 42.8 Å². The molecule has 0 aliphatic carbocycles. The number of rotatable bonds is 3. The Bertz CT molecular complexity index is 559. The molecule has 0 aliphatic heterocycles. The van der Waals surface area contributed by atoms with Gasteiger partial charge >= 0.3 is 0 Å². The molecule has 0 bridgehead atoms. The summed E-state index contributed by atoms with van der Waals surface area (Å²) in [4.78, 5) is 4.23. The summed E-state index contributed by atoms with van der Waals surface area (Å²) in [6.07, 6.45) is -0.545. The monoisotopic (exact) mass is 265 g/mol. The lowest BCUT2D eigenvalue weighted by Crippen LogP contribution is -2.05. The van der Waals surface area contributed by atoms with Gasteiger partial charge in [0.1, 0.15) is 11.9 Å². The molecule has 1 aromatic carbocycles. The number of hydrogen-bond donors (Lipinski definition) is 1. The maximum absolute atomic E-state index is 13.1. The van der Waals surface area contributed by atoms with Gasteiger partial charge in [0.05, 0.1) is 5.69 Å². The van der Waals surface area contributed by atoms with Crippen LogP contribution < -0.4 is 0 Å². The number of benzene rings is 1. The lowest BCUT2D eigenvalue weighted by Gasteiger charge is -2.12. The number of nitrogens with zero attached hydrogens (tertiary/aromatic N) is 1. The van der Waals surface area contributed by atoms with E-state index in [-0.39, 0.29) is 12.2 Å². The van der Waals surface area contributed by atoms with Crippen molar-refractivity contribution in [1.82, 2.24) is 4.98 Å². The highest BCUT2D eigenvalue weighted by molar-refractivity contribution is 6.31. The fourth-order valence-corrected chi connectivity index (χ4v) is 1.96. The van der Waals surface area contributed by atoms with Gasteiger partial charge in [-0.2, -0.15) is 0 Å². The molecule has 0 amide bonds. The van der Waals surface area contributed by atoms with Gasteiger partial charge in [-0.1, -0.05) is 17.7 Å². The Morgan fingerprint density at radius 3 is 2.83 bits per heavy atom. The van der Waals surface area contributed by atoms with Crippen LogP contribution in [0.3, 0.4) is 0 Å². The number of halogens is 2. The van der Waals surface area contributed by atoms with E-state index >= 15 is 0 Å². The van der Waals surface area contributed by atoms with Crippen LogP contribution >= 0.6 is 11.6 Å². The van der Waals surface area contributed by atoms with E-state index in [1.807, 2.05) is 19.1 Å². The second-order valence-electron chi connectivity index (χ2n) is 4.16. The minimum absolute atomic E-state index is 0.243. The SMILES string of the molecule is Cc1cccc(C(O)Cc2cc(F)ccc2Cl)n1. The summed E-state index contributed by atoms with van der Waals surface area (Å²) in [5, 5.41) is 10.5. The van der Waals surface area contributed by atoms with Gasteiger partial charge in [0, 0.05) is 17.1 Å². The normalized spacial score (nSPS) is 12.4. The Kier molecular flexibility index (Phi) is 3.94. The molecule has 94 valence electrons. The highest BCUT2D eigenvalue weighted by Gasteiger charge is 2.13. The van der Waals surface area contributed by atoms with E-state index < -0.39 is 6.10 Å². The third-order valence-corrected chi connectivity index (χ3v) is 3.04. The van der Waals surface area contributed by atoms with E-state index in [0.717, 1.165) is 5.69 Å².